The molecule has 7 nitrogen and oxygen atoms in total. The van der Waals surface area contributed by atoms with Gasteiger partial charge in [0.25, 0.3) is 0 Å². The van der Waals surface area contributed by atoms with E-state index in [1.54, 1.807) is 7.11 Å². The molecule has 1 aromatic heterocycles. The van der Waals surface area contributed by atoms with E-state index in [0.29, 0.717) is 19.5 Å². The Labute approximate surface area is 171 Å². The number of hydrogen-bond acceptors (Lipinski definition) is 4. The van der Waals surface area contributed by atoms with Crippen molar-refractivity contribution in [2.45, 2.75) is 64.8 Å². The number of alkyl carbamates (subject to hydrolysis) is 1. The Morgan fingerprint density at radius 1 is 1.24 bits per heavy atom. The van der Waals surface area contributed by atoms with E-state index in [9.17, 15) is 9.59 Å². The molecule has 1 fully saturated rings. The highest BCUT2D eigenvalue weighted by molar-refractivity contribution is 5.84. The second-order valence-electron chi connectivity index (χ2n) is 8.67. The normalized spacial score (nSPS) is 19.8. The van der Waals surface area contributed by atoms with Gasteiger partial charge in [0, 0.05) is 35.7 Å². The zero-order chi connectivity index (χ0) is 21.2. The van der Waals surface area contributed by atoms with Crippen LogP contribution in [0.1, 0.15) is 40.5 Å². The van der Waals surface area contributed by atoms with Crippen LogP contribution in [0.3, 0.4) is 0 Å². The first kappa shape index (κ1) is 21.0. The molecule has 0 spiro atoms. The molecular weight excluding hydrogens is 370 g/mol. The number of nitrogens with one attached hydrogen (secondary N) is 1. The van der Waals surface area contributed by atoms with Crippen molar-refractivity contribution in [2.75, 3.05) is 13.7 Å². The minimum Gasteiger partial charge on any atom is -0.497 e. The predicted octanol–water partition coefficient (Wildman–Crippen LogP) is 3.55. The molecule has 1 aromatic carbocycles. The molecule has 0 saturated carbocycles. The number of rotatable bonds is 4. The molecule has 0 aliphatic carbocycles. The third-order valence-corrected chi connectivity index (χ3v) is 5.20. The first-order valence-corrected chi connectivity index (χ1v) is 10.1. The van der Waals surface area contributed by atoms with Crippen LogP contribution >= 0.6 is 0 Å². The molecule has 1 saturated heterocycles. The summed E-state index contributed by atoms with van der Waals surface area (Å²) in [5.41, 5.74) is 0.490. The van der Waals surface area contributed by atoms with Crippen LogP contribution < -0.4 is 10.1 Å². The molecule has 0 unspecified atom stereocenters. The molecule has 2 atom stereocenters. The van der Waals surface area contributed by atoms with Gasteiger partial charge in [-0.2, -0.15) is 0 Å². The highest BCUT2D eigenvalue weighted by Crippen LogP contribution is 2.23. The third-order valence-electron chi connectivity index (χ3n) is 5.20. The second-order valence-corrected chi connectivity index (χ2v) is 8.67. The van der Waals surface area contributed by atoms with E-state index in [1.807, 2.05) is 67.6 Å². The average molecular weight is 402 g/mol. The SMILES string of the molecule is COc1ccc2c(ccn2CC(=O)N2CC[C@@H](NC(=O)OC(C)(C)C)C[C@H]2C)c1. The summed E-state index contributed by atoms with van der Waals surface area (Å²) in [5.74, 6) is 0.885. The lowest BCUT2D eigenvalue weighted by Crippen LogP contribution is -2.52. The van der Waals surface area contributed by atoms with E-state index in [0.717, 1.165) is 23.1 Å². The smallest absolute Gasteiger partial charge is 0.407 e. The van der Waals surface area contributed by atoms with Crippen LogP contribution in [0.15, 0.2) is 30.5 Å². The summed E-state index contributed by atoms with van der Waals surface area (Å²) >= 11 is 0. The van der Waals surface area contributed by atoms with Crippen molar-refractivity contribution in [3.05, 3.63) is 30.5 Å². The van der Waals surface area contributed by atoms with Crippen LogP contribution in [0.4, 0.5) is 4.79 Å². The fourth-order valence-corrected chi connectivity index (χ4v) is 3.83. The number of likely N-dealkylation sites (tertiary alicyclic amines) is 1. The third kappa shape index (κ3) is 5.22. The van der Waals surface area contributed by atoms with Gasteiger partial charge in [-0.25, -0.2) is 4.79 Å². The van der Waals surface area contributed by atoms with Gasteiger partial charge in [0.1, 0.15) is 17.9 Å². The quantitative estimate of drug-likeness (QED) is 0.850. The largest absolute Gasteiger partial charge is 0.497 e. The lowest BCUT2D eigenvalue weighted by atomic mass is 9.98. The summed E-state index contributed by atoms with van der Waals surface area (Å²) in [6, 6.07) is 7.90. The minimum atomic E-state index is -0.518. The molecule has 2 heterocycles. The minimum absolute atomic E-state index is 0.0174. The molecular formula is C22H31N3O4. The molecule has 1 aliphatic rings. The predicted molar refractivity (Wildman–Crippen MR) is 112 cm³/mol. The van der Waals surface area contributed by atoms with Crippen LogP contribution in [0, 0.1) is 0 Å². The maximum Gasteiger partial charge on any atom is 0.407 e. The van der Waals surface area contributed by atoms with Crippen molar-refractivity contribution < 1.29 is 19.1 Å². The van der Waals surface area contributed by atoms with Gasteiger partial charge in [-0.05, 0) is 64.8 Å². The zero-order valence-corrected chi connectivity index (χ0v) is 17.9. The van der Waals surface area contributed by atoms with Crippen molar-refractivity contribution in [2.24, 2.45) is 0 Å². The molecule has 158 valence electrons. The average Bonchev–Trinajstić information content (AvgIpc) is 3.02. The summed E-state index contributed by atoms with van der Waals surface area (Å²) in [5, 5.41) is 3.98. The maximum absolute atomic E-state index is 12.9. The lowest BCUT2D eigenvalue weighted by molar-refractivity contribution is -0.135. The molecule has 29 heavy (non-hydrogen) atoms. The number of ether oxygens (including phenoxy) is 2. The molecule has 7 heteroatoms. The number of piperidine rings is 1. The molecule has 1 N–H and O–H groups in total. The second kappa shape index (κ2) is 8.35. The van der Waals surface area contributed by atoms with Gasteiger partial charge in [0.2, 0.25) is 5.91 Å². The highest BCUT2D eigenvalue weighted by Gasteiger charge is 2.30. The summed E-state index contributed by atoms with van der Waals surface area (Å²) < 4.78 is 12.6. The Hall–Kier alpha value is -2.70. The van der Waals surface area contributed by atoms with Crippen LogP contribution in [-0.2, 0) is 16.1 Å². The molecule has 1 aliphatic heterocycles. The van der Waals surface area contributed by atoms with Gasteiger partial charge in [-0.3, -0.25) is 4.79 Å². The number of nitrogens with zero attached hydrogens (tertiary/aromatic N) is 2. The molecule has 2 aromatic rings. The zero-order valence-electron chi connectivity index (χ0n) is 17.9. The van der Waals surface area contributed by atoms with E-state index < -0.39 is 11.7 Å². The number of amides is 2. The van der Waals surface area contributed by atoms with Crippen molar-refractivity contribution in [1.82, 2.24) is 14.8 Å². The van der Waals surface area contributed by atoms with Gasteiger partial charge in [0.05, 0.1) is 7.11 Å². The van der Waals surface area contributed by atoms with Gasteiger partial charge >= 0.3 is 6.09 Å². The van der Waals surface area contributed by atoms with E-state index in [1.165, 1.54) is 0 Å². The van der Waals surface area contributed by atoms with Crippen molar-refractivity contribution in [3.8, 4) is 5.75 Å². The summed E-state index contributed by atoms with van der Waals surface area (Å²) in [6.45, 7) is 8.48. The fourth-order valence-electron chi connectivity index (χ4n) is 3.83. The van der Waals surface area contributed by atoms with Crippen LogP contribution in [0.2, 0.25) is 0 Å². The fraction of sp³-hybridized carbons (Fsp3) is 0.545. The molecule has 2 amide bonds. The monoisotopic (exact) mass is 401 g/mol. The lowest BCUT2D eigenvalue weighted by Gasteiger charge is -2.38. The van der Waals surface area contributed by atoms with Crippen LogP contribution in [-0.4, -0.2) is 52.8 Å². The number of fused-ring (bicyclic) bond motifs is 1. The van der Waals surface area contributed by atoms with Crippen molar-refractivity contribution in [3.63, 3.8) is 0 Å². The molecule has 0 bridgehead atoms. The van der Waals surface area contributed by atoms with Crippen LogP contribution in [0.25, 0.3) is 10.9 Å². The number of methoxy groups -OCH3 is 1. The van der Waals surface area contributed by atoms with E-state index in [4.69, 9.17) is 9.47 Å². The Bertz CT molecular complexity index is 884. The van der Waals surface area contributed by atoms with Crippen molar-refractivity contribution >= 4 is 22.9 Å². The first-order chi connectivity index (χ1) is 13.7. The first-order valence-electron chi connectivity index (χ1n) is 10.1. The Kier molecular flexibility index (Phi) is 6.05. The van der Waals surface area contributed by atoms with Crippen molar-refractivity contribution in [1.29, 1.82) is 0 Å². The Balaban J connectivity index is 1.58. The standard InChI is InChI=1S/C22H31N3O4/c1-15-12-17(23-21(27)29-22(2,3)4)9-11-25(15)20(26)14-24-10-8-16-13-18(28-5)6-7-19(16)24/h6-8,10,13,15,17H,9,11-12,14H2,1-5H3,(H,23,27)/t15-,17-/m1/s1. The number of carbonyl (C=O) groups is 2. The molecule has 0 radical (unpaired) electrons. The number of hydrogen-bond donors (Lipinski definition) is 1. The Morgan fingerprint density at radius 3 is 2.66 bits per heavy atom. The van der Waals surface area contributed by atoms with Crippen LogP contribution in [0.5, 0.6) is 5.75 Å². The summed E-state index contributed by atoms with van der Waals surface area (Å²) in [7, 11) is 1.64. The number of aromatic nitrogens is 1. The van der Waals surface area contributed by atoms with E-state index in [-0.39, 0.29) is 18.0 Å². The van der Waals surface area contributed by atoms with Gasteiger partial charge in [-0.15, -0.1) is 0 Å². The maximum atomic E-state index is 12.9. The van der Waals surface area contributed by atoms with Gasteiger partial charge < -0.3 is 24.3 Å². The number of carbonyl (C=O) groups excluding carboxylic acids is 2. The summed E-state index contributed by atoms with van der Waals surface area (Å²) in [6.07, 6.45) is 2.97. The van der Waals surface area contributed by atoms with E-state index >= 15 is 0 Å². The van der Waals surface area contributed by atoms with Gasteiger partial charge in [0.15, 0.2) is 0 Å². The summed E-state index contributed by atoms with van der Waals surface area (Å²) in [4.78, 5) is 26.8. The topological polar surface area (TPSA) is 72.8 Å². The van der Waals surface area contributed by atoms with Gasteiger partial charge in [-0.1, -0.05) is 0 Å². The highest BCUT2D eigenvalue weighted by atomic mass is 16.6. The molecule has 3 rings (SSSR count). The number of benzene rings is 1. The Morgan fingerprint density at radius 2 is 2.00 bits per heavy atom. The van der Waals surface area contributed by atoms with E-state index in [2.05, 4.69) is 5.32 Å².